The molecule has 3 N–H and O–H groups in total. The molecule has 0 saturated carbocycles. The van der Waals surface area contributed by atoms with Crippen molar-refractivity contribution in [1.82, 2.24) is 0 Å². The number of ether oxygens (including phenoxy) is 1. The first-order chi connectivity index (χ1) is 8.50. The number of para-hydroxylation sites is 1. The number of rotatable bonds is 6. The SMILES string of the molecule is COC(=O)c1ccccc1NCC(C)(C)CCN. The molecule has 0 fully saturated rings. The van der Waals surface area contributed by atoms with E-state index in [1.807, 2.05) is 18.2 Å². The molecular formula is C14H22N2O2. The predicted octanol–water partition coefficient (Wildman–Crippen LogP) is 2.26. The smallest absolute Gasteiger partial charge is 0.339 e. The fraction of sp³-hybridized carbons (Fsp3) is 0.500. The van der Waals surface area contributed by atoms with Crippen LogP contribution in [-0.4, -0.2) is 26.2 Å². The van der Waals surface area contributed by atoms with E-state index in [0.29, 0.717) is 12.1 Å². The van der Waals surface area contributed by atoms with Crippen molar-refractivity contribution in [1.29, 1.82) is 0 Å². The molecule has 0 atom stereocenters. The van der Waals surface area contributed by atoms with Gasteiger partial charge < -0.3 is 15.8 Å². The molecule has 4 nitrogen and oxygen atoms in total. The molecule has 0 radical (unpaired) electrons. The first kappa shape index (κ1) is 14.5. The van der Waals surface area contributed by atoms with E-state index in [-0.39, 0.29) is 11.4 Å². The van der Waals surface area contributed by atoms with Gasteiger partial charge in [0.1, 0.15) is 0 Å². The van der Waals surface area contributed by atoms with E-state index in [1.165, 1.54) is 7.11 Å². The highest BCUT2D eigenvalue weighted by molar-refractivity contribution is 5.95. The van der Waals surface area contributed by atoms with Gasteiger partial charge in [-0.25, -0.2) is 4.79 Å². The molecular weight excluding hydrogens is 228 g/mol. The first-order valence-electron chi connectivity index (χ1n) is 6.11. The van der Waals surface area contributed by atoms with Crippen LogP contribution in [0.2, 0.25) is 0 Å². The number of benzene rings is 1. The second-order valence-electron chi connectivity index (χ2n) is 5.09. The predicted molar refractivity (Wildman–Crippen MR) is 73.7 cm³/mol. The Kier molecular flexibility index (Phi) is 5.16. The summed E-state index contributed by atoms with van der Waals surface area (Å²) in [5, 5.41) is 3.30. The molecule has 0 aromatic heterocycles. The summed E-state index contributed by atoms with van der Waals surface area (Å²) in [4.78, 5) is 11.6. The van der Waals surface area contributed by atoms with Gasteiger partial charge >= 0.3 is 5.97 Å². The topological polar surface area (TPSA) is 64.3 Å². The van der Waals surface area contributed by atoms with Gasteiger partial charge in [0.2, 0.25) is 0 Å². The minimum atomic E-state index is -0.324. The van der Waals surface area contributed by atoms with Crippen LogP contribution >= 0.6 is 0 Å². The summed E-state index contributed by atoms with van der Waals surface area (Å²) in [6.45, 7) is 5.72. The number of nitrogens with one attached hydrogen (secondary N) is 1. The summed E-state index contributed by atoms with van der Waals surface area (Å²) in [6.07, 6.45) is 0.931. The summed E-state index contributed by atoms with van der Waals surface area (Å²) in [7, 11) is 1.39. The molecule has 4 heteroatoms. The lowest BCUT2D eigenvalue weighted by Gasteiger charge is -2.25. The van der Waals surface area contributed by atoms with E-state index in [9.17, 15) is 4.79 Å². The van der Waals surface area contributed by atoms with Gasteiger partial charge in [0.05, 0.1) is 12.7 Å². The van der Waals surface area contributed by atoms with Crippen molar-refractivity contribution in [2.45, 2.75) is 20.3 Å². The zero-order valence-electron chi connectivity index (χ0n) is 11.3. The fourth-order valence-corrected chi connectivity index (χ4v) is 1.74. The van der Waals surface area contributed by atoms with Gasteiger partial charge in [-0.15, -0.1) is 0 Å². The molecule has 0 aliphatic rings. The highest BCUT2D eigenvalue weighted by atomic mass is 16.5. The first-order valence-corrected chi connectivity index (χ1v) is 6.11. The molecule has 1 rings (SSSR count). The van der Waals surface area contributed by atoms with Crippen molar-refractivity contribution in [2.24, 2.45) is 11.1 Å². The minimum absolute atomic E-state index is 0.0952. The molecule has 18 heavy (non-hydrogen) atoms. The van der Waals surface area contributed by atoms with Crippen molar-refractivity contribution >= 4 is 11.7 Å². The second-order valence-corrected chi connectivity index (χ2v) is 5.09. The Labute approximate surface area is 109 Å². The van der Waals surface area contributed by atoms with Gasteiger partial charge in [0.25, 0.3) is 0 Å². The van der Waals surface area contributed by atoms with Gasteiger partial charge in [0, 0.05) is 12.2 Å². The zero-order valence-corrected chi connectivity index (χ0v) is 11.3. The number of hydrogen-bond donors (Lipinski definition) is 2. The van der Waals surface area contributed by atoms with E-state index in [4.69, 9.17) is 10.5 Å². The number of nitrogens with two attached hydrogens (primary N) is 1. The number of esters is 1. The van der Waals surface area contributed by atoms with Crippen molar-refractivity contribution in [2.75, 3.05) is 25.5 Å². The number of anilines is 1. The van der Waals surface area contributed by atoms with Crippen LogP contribution in [0.15, 0.2) is 24.3 Å². The van der Waals surface area contributed by atoms with Gasteiger partial charge in [-0.05, 0) is 30.5 Å². The third-order valence-electron chi connectivity index (χ3n) is 2.91. The summed E-state index contributed by atoms with van der Waals surface area (Å²) in [6, 6.07) is 7.35. The maximum atomic E-state index is 11.6. The van der Waals surface area contributed by atoms with Crippen molar-refractivity contribution < 1.29 is 9.53 Å². The van der Waals surface area contributed by atoms with Crippen LogP contribution in [0.1, 0.15) is 30.6 Å². The molecule has 0 aliphatic carbocycles. The monoisotopic (exact) mass is 250 g/mol. The van der Waals surface area contributed by atoms with Crippen LogP contribution in [0.4, 0.5) is 5.69 Å². The van der Waals surface area contributed by atoms with E-state index >= 15 is 0 Å². The Hall–Kier alpha value is -1.55. The van der Waals surface area contributed by atoms with E-state index in [1.54, 1.807) is 6.07 Å². The van der Waals surface area contributed by atoms with Crippen LogP contribution in [0.5, 0.6) is 0 Å². The molecule has 0 spiro atoms. The van der Waals surface area contributed by atoms with Gasteiger partial charge in [0.15, 0.2) is 0 Å². The Morgan fingerprint density at radius 1 is 1.39 bits per heavy atom. The summed E-state index contributed by atoms with van der Waals surface area (Å²) >= 11 is 0. The molecule has 0 unspecified atom stereocenters. The lowest BCUT2D eigenvalue weighted by atomic mass is 9.89. The normalized spacial score (nSPS) is 11.1. The Bertz CT molecular complexity index is 403. The summed E-state index contributed by atoms with van der Waals surface area (Å²) < 4.78 is 4.76. The fourth-order valence-electron chi connectivity index (χ4n) is 1.74. The lowest BCUT2D eigenvalue weighted by molar-refractivity contribution is 0.0601. The standard InChI is InChI=1S/C14H22N2O2/c1-14(2,8-9-15)10-16-12-7-5-4-6-11(12)13(17)18-3/h4-7,16H,8-10,15H2,1-3H3. The van der Waals surface area contributed by atoms with Crippen molar-refractivity contribution in [3.05, 3.63) is 29.8 Å². The molecule has 0 amide bonds. The number of methoxy groups -OCH3 is 1. The average molecular weight is 250 g/mol. The van der Waals surface area contributed by atoms with E-state index in [2.05, 4.69) is 19.2 Å². The van der Waals surface area contributed by atoms with Crippen LogP contribution in [-0.2, 0) is 4.74 Å². The maximum Gasteiger partial charge on any atom is 0.339 e. The van der Waals surface area contributed by atoms with Crippen LogP contribution < -0.4 is 11.1 Å². The molecule has 1 aromatic rings. The summed E-state index contributed by atoms with van der Waals surface area (Å²) in [5.41, 5.74) is 7.04. The highest BCUT2D eigenvalue weighted by Gasteiger charge is 2.18. The Balaban J connectivity index is 2.76. The number of carbonyl (C=O) groups is 1. The third kappa shape index (κ3) is 4.04. The largest absolute Gasteiger partial charge is 0.465 e. The van der Waals surface area contributed by atoms with E-state index in [0.717, 1.165) is 18.7 Å². The molecule has 100 valence electrons. The number of hydrogen-bond acceptors (Lipinski definition) is 4. The lowest BCUT2D eigenvalue weighted by Crippen LogP contribution is -2.26. The summed E-state index contributed by atoms with van der Waals surface area (Å²) in [5.74, 6) is -0.324. The molecule has 0 bridgehead atoms. The molecule has 0 heterocycles. The van der Waals surface area contributed by atoms with Gasteiger partial charge in [-0.3, -0.25) is 0 Å². The Morgan fingerprint density at radius 2 is 2.06 bits per heavy atom. The molecule has 0 aliphatic heterocycles. The second kappa shape index (κ2) is 6.40. The molecule has 0 saturated heterocycles. The van der Waals surface area contributed by atoms with Crippen molar-refractivity contribution in [3.8, 4) is 0 Å². The Morgan fingerprint density at radius 3 is 2.67 bits per heavy atom. The van der Waals surface area contributed by atoms with Crippen LogP contribution in [0.3, 0.4) is 0 Å². The maximum absolute atomic E-state index is 11.6. The zero-order chi connectivity index (χ0) is 13.6. The highest BCUT2D eigenvalue weighted by Crippen LogP contribution is 2.22. The van der Waals surface area contributed by atoms with Crippen LogP contribution in [0, 0.1) is 5.41 Å². The number of carbonyl (C=O) groups excluding carboxylic acids is 1. The van der Waals surface area contributed by atoms with E-state index < -0.39 is 0 Å². The van der Waals surface area contributed by atoms with Gasteiger partial charge in [-0.2, -0.15) is 0 Å². The average Bonchev–Trinajstić information content (AvgIpc) is 2.36. The quantitative estimate of drug-likeness (QED) is 0.760. The third-order valence-corrected chi connectivity index (χ3v) is 2.91. The van der Waals surface area contributed by atoms with Crippen molar-refractivity contribution in [3.63, 3.8) is 0 Å². The minimum Gasteiger partial charge on any atom is -0.465 e. The van der Waals surface area contributed by atoms with Crippen LogP contribution in [0.25, 0.3) is 0 Å². The molecule has 1 aromatic carbocycles. The van der Waals surface area contributed by atoms with Gasteiger partial charge in [-0.1, -0.05) is 26.0 Å².